The molecule has 3 aromatic rings. The Bertz CT molecular complexity index is 960. The predicted molar refractivity (Wildman–Crippen MR) is 96.6 cm³/mol. The first-order chi connectivity index (χ1) is 13.1. The molecule has 0 bridgehead atoms. The molecule has 4 rings (SSSR count). The highest BCUT2D eigenvalue weighted by molar-refractivity contribution is 7.15. The Morgan fingerprint density at radius 1 is 1.33 bits per heavy atom. The van der Waals surface area contributed by atoms with E-state index in [4.69, 9.17) is 8.83 Å². The van der Waals surface area contributed by atoms with Gasteiger partial charge in [0.25, 0.3) is 5.91 Å². The number of thiazole rings is 1. The fourth-order valence-corrected chi connectivity index (χ4v) is 3.94. The van der Waals surface area contributed by atoms with Gasteiger partial charge in [0, 0.05) is 24.4 Å². The summed E-state index contributed by atoms with van der Waals surface area (Å²) >= 11 is 1.46. The van der Waals surface area contributed by atoms with E-state index in [1.807, 2.05) is 0 Å². The molecular weight excluding hydrogens is 370 g/mol. The Morgan fingerprint density at radius 2 is 2.22 bits per heavy atom. The van der Waals surface area contributed by atoms with Crippen molar-refractivity contribution in [3.8, 4) is 0 Å². The summed E-state index contributed by atoms with van der Waals surface area (Å²) in [5.41, 5.74) is 1.00. The normalized spacial score (nSPS) is 14.0. The Kier molecular flexibility index (Phi) is 4.78. The van der Waals surface area contributed by atoms with E-state index in [-0.39, 0.29) is 17.4 Å². The van der Waals surface area contributed by atoms with Gasteiger partial charge >= 0.3 is 5.97 Å². The lowest BCUT2D eigenvalue weighted by Gasteiger charge is -2.24. The summed E-state index contributed by atoms with van der Waals surface area (Å²) in [7, 11) is 1.32. The molecular formula is C18H17N3O5S. The number of hydrogen-bond donors (Lipinski definition) is 1. The zero-order valence-electron chi connectivity index (χ0n) is 14.6. The van der Waals surface area contributed by atoms with E-state index < -0.39 is 5.97 Å². The smallest absolute Gasteiger partial charge is 0.373 e. The number of nitrogens with zero attached hydrogens (tertiary/aromatic N) is 2. The number of furan rings is 2. The molecule has 1 aliphatic heterocycles. The van der Waals surface area contributed by atoms with Crippen LogP contribution in [0.4, 0.5) is 5.13 Å². The van der Waals surface area contributed by atoms with E-state index >= 15 is 0 Å². The zero-order valence-corrected chi connectivity index (χ0v) is 15.4. The van der Waals surface area contributed by atoms with Crippen molar-refractivity contribution in [3.05, 3.63) is 58.4 Å². The molecule has 1 amide bonds. The number of hydrogen-bond acceptors (Lipinski definition) is 8. The first kappa shape index (κ1) is 17.5. The van der Waals surface area contributed by atoms with Crippen LogP contribution >= 0.6 is 11.3 Å². The van der Waals surface area contributed by atoms with Crippen LogP contribution in [0.15, 0.2) is 39.4 Å². The number of carbonyl (C=O) groups is 2. The van der Waals surface area contributed by atoms with Crippen molar-refractivity contribution >= 4 is 28.3 Å². The molecule has 1 N–H and O–H groups in total. The third-order valence-electron chi connectivity index (χ3n) is 4.20. The van der Waals surface area contributed by atoms with Crippen LogP contribution in [0.3, 0.4) is 0 Å². The Morgan fingerprint density at radius 3 is 3.00 bits per heavy atom. The van der Waals surface area contributed by atoms with Crippen molar-refractivity contribution < 1.29 is 23.2 Å². The lowest BCUT2D eigenvalue weighted by atomic mass is 10.2. The van der Waals surface area contributed by atoms with E-state index in [9.17, 15) is 9.59 Å². The fraction of sp³-hybridized carbons (Fsp3) is 0.278. The molecule has 0 saturated carbocycles. The van der Waals surface area contributed by atoms with Gasteiger partial charge in [-0.2, -0.15) is 0 Å². The van der Waals surface area contributed by atoms with Crippen molar-refractivity contribution in [2.45, 2.75) is 19.5 Å². The second-order valence-electron chi connectivity index (χ2n) is 6.04. The second kappa shape index (κ2) is 7.37. The van der Waals surface area contributed by atoms with Crippen LogP contribution in [0.25, 0.3) is 0 Å². The van der Waals surface area contributed by atoms with E-state index in [1.54, 1.807) is 24.3 Å². The highest BCUT2D eigenvalue weighted by atomic mass is 32.1. The third kappa shape index (κ3) is 3.79. The number of nitrogens with one attached hydrogen (secondary N) is 1. The topological polar surface area (TPSA) is 97.8 Å². The number of esters is 1. The average Bonchev–Trinajstić information content (AvgIpc) is 3.41. The summed E-state index contributed by atoms with van der Waals surface area (Å²) in [6.45, 7) is 2.11. The Labute approximate surface area is 158 Å². The van der Waals surface area contributed by atoms with Gasteiger partial charge in [-0.15, -0.1) is 11.3 Å². The van der Waals surface area contributed by atoms with E-state index in [0.717, 1.165) is 23.5 Å². The molecule has 0 radical (unpaired) electrons. The van der Waals surface area contributed by atoms with Crippen molar-refractivity contribution in [2.24, 2.45) is 0 Å². The first-order valence-corrected chi connectivity index (χ1v) is 9.17. The third-order valence-corrected chi connectivity index (χ3v) is 5.20. The van der Waals surface area contributed by atoms with E-state index in [1.165, 1.54) is 24.7 Å². The van der Waals surface area contributed by atoms with Crippen molar-refractivity contribution in [3.63, 3.8) is 0 Å². The molecule has 3 aromatic heterocycles. The molecule has 0 aliphatic carbocycles. The number of amides is 1. The Balaban J connectivity index is 1.40. The lowest BCUT2D eigenvalue weighted by Crippen LogP contribution is -2.29. The molecule has 0 unspecified atom stereocenters. The molecule has 8 nitrogen and oxygen atoms in total. The summed E-state index contributed by atoms with van der Waals surface area (Å²) in [4.78, 5) is 31.4. The molecule has 0 spiro atoms. The molecule has 0 saturated heterocycles. The van der Waals surface area contributed by atoms with Gasteiger partial charge in [0.2, 0.25) is 5.76 Å². The SMILES string of the molecule is COC(=O)c1ccc(CN2CCc3nc(NC(=O)c4ccco4)sc3C2)o1. The van der Waals surface area contributed by atoms with Gasteiger partial charge in [-0.25, -0.2) is 9.78 Å². The van der Waals surface area contributed by atoms with Gasteiger partial charge in [-0.1, -0.05) is 0 Å². The Hall–Kier alpha value is -2.91. The number of ether oxygens (including phenoxy) is 1. The molecule has 0 aromatic carbocycles. The first-order valence-electron chi connectivity index (χ1n) is 8.35. The largest absolute Gasteiger partial charge is 0.463 e. The van der Waals surface area contributed by atoms with Gasteiger partial charge in [-0.3, -0.25) is 15.0 Å². The monoisotopic (exact) mass is 387 g/mol. The highest BCUT2D eigenvalue weighted by Gasteiger charge is 2.23. The summed E-state index contributed by atoms with van der Waals surface area (Å²) < 4.78 is 15.3. The minimum absolute atomic E-state index is 0.200. The van der Waals surface area contributed by atoms with Crippen LogP contribution < -0.4 is 5.32 Å². The lowest BCUT2D eigenvalue weighted by molar-refractivity contribution is 0.0560. The molecule has 140 valence electrons. The van der Waals surface area contributed by atoms with Gasteiger partial charge in [-0.05, 0) is 24.3 Å². The van der Waals surface area contributed by atoms with Crippen molar-refractivity contribution in [1.29, 1.82) is 0 Å². The second-order valence-corrected chi connectivity index (χ2v) is 7.12. The van der Waals surface area contributed by atoms with Crippen LogP contribution in [-0.2, 0) is 24.2 Å². The quantitative estimate of drug-likeness (QED) is 0.672. The van der Waals surface area contributed by atoms with Crippen molar-refractivity contribution in [2.75, 3.05) is 19.0 Å². The van der Waals surface area contributed by atoms with Crippen LogP contribution in [0.2, 0.25) is 0 Å². The molecule has 0 fully saturated rings. The molecule has 27 heavy (non-hydrogen) atoms. The number of fused-ring (bicyclic) bond motifs is 1. The van der Waals surface area contributed by atoms with Crippen molar-refractivity contribution in [1.82, 2.24) is 9.88 Å². The summed E-state index contributed by atoms with van der Waals surface area (Å²) in [5.74, 6) is 0.361. The molecule has 0 atom stereocenters. The summed E-state index contributed by atoms with van der Waals surface area (Å²) in [5, 5.41) is 3.34. The van der Waals surface area contributed by atoms with Gasteiger partial charge in [0.1, 0.15) is 5.76 Å². The van der Waals surface area contributed by atoms with Gasteiger partial charge < -0.3 is 13.6 Å². The maximum absolute atomic E-state index is 12.1. The molecule has 1 aliphatic rings. The maximum atomic E-state index is 12.1. The van der Waals surface area contributed by atoms with E-state index in [0.29, 0.717) is 24.0 Å². The van der Waals surface area contributed by atoms with Crippen LogP contribution in [0, 0.1) is 0 Å². The number of anilines is 1. The fourth-order valence-electron chi connectivity index (χ4n) is 2.90. The maximum Gasteiger partial charge on any atom is 0.373 e. The summed E-state index contributed by atoms with van der Waals surface area (Å²) in [6.07, 6.45) is 2.24. The number of methoxy groups -OCH3 is 1. The minimum Gasteiger partial charge on any atom is -0.463 e. The van der Waals surface area contributed by atoms with Gasteiger partial charge in [0.15, 0.2) is 10.9 Å². The number of rotatable bonds is 5. The van der Waals surface area contributed by atoms with Gasteiger partial charge in [0.05, 0.1) is 25.6 Å². The summed E-state index contributed by atoms with van der Waals surface area (Å²) in [6, 6.07) is 6.67. The minimum atomic E-state index is -0.485. The van der Waals surface area contributed by atoms with Crippen LogP contribution in [0.5, 0.6) is 0 Å². The molecule has 9 heteroatoms. The average molecular weight is 387 g/mol. The highest BCUT2D eigenvalue weighted by Crippen LogP contribution is 2.29. The van der Waals surface area contributed by atoms with E-state index in [2.05, 4.69) is 19.9 Å². The standard InChI is InChI=1S/C18H17N3O5S/c1-24-17(23)14-5-4-11(26-14)9-21-7-6-12-15(10-21)27-18(19-12)20-16(22)13-3-2-8-25-13/h2-5,8H,6-7,9-10H2,1H3,(H,19,20,22). The number of aromatic nitrogens is 1. The predicted octanol–water partition coefficient (Wildman–Crippen LogP) is 2.93. The van der Waals surface area contributed by atoms with Crippen LogP contribution in [-0.4, -0.2) is 35.4 Å². The number of carbonyl (C=O) groups excluding carboxylic acids is 2. The zero-order chi connectivity index (χ0) is 18.8. The molecule has 4 heterocycles. The van der Waals surface area contributed by atoms with Crippen LogP contribution in [0.1, 0.15) is 37.4 Å².